The Morgan fingerprint density at radius 3 is 2.63 bits per heavy atom. The molecule has 2 aromatic rings. The molecule has 0 saturated carbocycles. The summed E-state index contributed by atoms with van der Waals surface area (Å²) in [5.74, 6) is -0.467. The number of carbonyl (C=O) groups excluding carboxylic acids is 1. The van der Waals surface area contributed by atoms with Crippen LogP contribution in [0.2, 0.25) is 0 Å². The van der Waals surface area contributed by atoms with Crippen molar-refractivity contribution in [1.82, 2.24) is 15.2 Å². The second-order valence-corrected chi connectivity index (χ2v) is 8.26. The molecular weight excluding hydrogens is 342 g/mol. The molecule has 4 heterocycles. The van der Waals surface area contributed by atoms with Crippen molar-refractivity contribution in [3.8, 4) is 0 Å². The number of anilines is 1. The van der Waals surface area contributed by atoms with Gasteiger partial charge in [-0.3, -0.25) is 4.79 Å². The monoisotopic (exact) mass is 369 g/mol. The normalized spacial score (nSPS) is 28.9. The molecule has 1 aromatic heterocycles. The topological polar surface area (TPSA) is 87.6 Å². The number of fused-ring (bicyclic) bond motifs is 3. The number of rotatable bonds is 4. The zero-order valence-electron chi connectivity index (χ0n) is 15.7. The van der Waals surface area contributed by atoms with Crippen LogP contribution in [0.3, 0.4) is 0 Å². The smallest absolute Gasteiger partial charge is 0.299 e. The van der Waals surface area contributed by atoms with E-state index in [9.17, 15) is 4.79 Å². The summed E-state index contributed by atoms with van der Waals surface area (Å²) in [6, 6.07) is 8.11. The third-order valence-corrected chi connectivity index (χ3v) is 6.76. The summed E-state index contributed by atoms with van der Waals surface area (Å²) in [7, 11) is 2.28. The van der Waals surface area contributed by atoms with Gasteiger partial charge in [-0.1, -0.05) is 12.5 Å². The maximum atomic E-state index is 11.8. The van der Waals surface area contributed by atoms with Crippen LogP contribution in [-0.2, 0) is 0 Å². The fourth-order valence-electron chi connectivity index (χ4n) is 5.14. The van der Waals surface area contributed by atoms with E-state index >= 15 is 0 Å². The van der Waals surface area contributed by atoms with Crippen molar-refractivity contribution >= 4 is 23.0 Å². The highest BCUT2D eigenvalue weighted by Crippen LogP contribution is 2.38. The molecule has 3 aliphatic rings. The van der Waals surface area contributed by atoms with Gasteiger partial charge in [0, 0.05) is 31.2 Å². The van der Waals surface area contributed by atoms with Gasteiger partial charge in [-0.05, 0) is 44.9 Å². The van der Waals surface area contributed by atoms with Crippen LogP contribution in [-0.4, -0.2) is 60.1 Å². The number of hydrogen-bond donors (Lipinski definition) is 2. The number of oxazole rings is 1. The number of carbonyl (C=O) groups is 1. The van der Waals surface area contributed by atoms with Crippen molar-refractivity contribution in [2.45, 2.75) is 56.3 Å². The average Bonchev–Trinajstić information content (AvgIpc) is 3.01. The number of hydrogen-bond acceptors (Lipinski definition) is 6. The molecule has 1 amide bonds. The second-order valence-electron chi connectivity index (χ2n) is 8.26. The number of nitrogens with zero attached hydrogens (tertiary/aromatic N) is 3. The highest BCUT2D eigenvalue weighted by Gasteiger charge is 2.42. The Bertz CT molecular complexity index is 847. The van der Waals surface area contributed by atoms with Crippen LogP contribution in [0.1, 0.15) is 42.5 Å². The predicted octanol–water partition coefficient (Wildman–Crippen LogP) is 1.72. The molecule has 3 fully saturated rings. The van der Waals surface area contributed by atoms with Gasteiger partial charge in [-0.15, -0.1) is 0 Å². The number of nitrogens with two attached hydrogens (primary N) is 1. The summed E-state index contributed by atoms with van der Waals surface area (Å²) in [6.45, 7) is 1.89. The fourth-order valence-corrected chi connectivity index (χ4v) is 5.14. The number of para-hydroxylation sites is 1. The molecule has 2 bridgehead atoms. The van der Waals surface area contributed by atoms with Gasteiger partial charge in [0.15, 0.2) is 5.58 Å². The van der Waals surface area contributed by atoms with Crippen LogP contribution in [0.25, 0.3) is 11.1 Å². The van der Waals surface area contributed by atoms with E-state index < -0.39 is 5.91 Å². The molecule has 144 valence electrons. The van der Waals surface area contributed by atoms with Gasteiger partial charge in [0.2, 0.25) is 0 Å². The van der Waals surface area contributed by atoms with Gasteiger partial charge < -0.3 is 25.3 Å². The van der Waals surface area contributed by atoms with E-state index in [1.807, 2.05) is 6.07 Å². The number of piperidine rings is 2. The SMILES string of the molecule is CN1C2CCCC1CC(N(c1nc3c(C(N)=O)cccc3o1)C1CNC1)C2. The van der Waals surface area contributed by atoms with Crippen LogP contribution < -0.4 is 16.0 Å². The third-order valence-electron chi connectivity index (χ3n) is 6.76. The lowest BCUT2D eigenvalue weighted by molar-refractivity contribution is 0.0509. The minimum Gasteiger partial charge on any atom is -0.423 e. The highest BCUT2D eigenvalue weighted by molar-refractivity contribution is 6.03. The van der Waals surface area contributed by atoms with Crippen LogP contribution in [0.5, 0.6) is 0 Å². The van der Waals surface area contributed by atoms with E-state index in [0.717, 1.165) is 25.9 Å². The Morgan fingerprint density at radius 2 is 2.00 bits per heavy atom. The minimum atomic E-state index is -0.467. The molecule has 0 aliphatic carbocycles. The second kappa shape index (κ2) is 6.49. The number of benzene rings is 1. The summed E-state index contributed by atoms with van der Waals surface area (Å²) < 4.78 is 6.15. The van der Waals surface area contributed by atoms with Crippen molar-refractivity contribution in [3.05, 3.63) is 23.8 Å². The molecule has 3 N–H and O–H groups in total. The quantitative estimate of drug-likeness (QED) is 0.853. The molecule has 1 aromatic carbocycles. The molecule has 3 saturated heterocycles. The average molecular weight is 369 g/mol. The van der Waals surface area contributed by atoms with Crippen molar-refractivity contribution in [2.75, 3.05) is 25.0 Å². The molecule has 7 nitrogen and oxygen atoms in total. The van der Waals surface area contributed by atoms with Crippen molar-refractivity contribution in [3.63, 3.8) is 0 Å². The van der Waals surface area contributed by atoms with E-state index in [-0.39, 0.29) is 0 Å². The zero-order chi connectivity index (χ0) is 18.5. The fraction of sp³-hybridized carbons (Fsp3) is 0.600. The molecular formula is C20H27N5O2. The molecule has 0 radical (unpaired) electrons. The summed E-state index contributed by atoms with van der Waals surface area (Å²) in [5, 5.41) is 3.38. The van der Waals surface area contributed by atoms with E-state index in [1.54, 1.807) is 12.1 Å². The molecule has 0 spiro atoms. The van der Waals surface area contributed by atoms with Gasteiger partial charge in [0.1, 0.15) is 5.52 Å². The summed E-state index contributed by atoms with van der Waals surface area (Å²) in [4.78, 5) is 21.5. The van der Waals surface area contributed by atoms with Crippen LogP contribution in [0.15, 0.2) is 22.6 Å². The summed E-state index contributed by atoms with van der Waals surface area (Å²) in [6.07, 6.45) is 6.18. The first-order valence-corrected chi connectivity index (χ1v) is 10.0. The maximum Gasteiger partial charge on any atom is 0.299 e. The third kappa shape index (κ3) is 2.80. The molecule has 7 heteroatoms. The lowest BCUT2D eigenvalue weighted by Crippen LogP contribution is -2.64. The lowest BCUT2D eigenvalue weighted by Gasteiger charge is -2.52. The number of amides is 1. The molecule has 5 rings (SSSR count). The summed E-state index contributed by atoms with van der Waals surface area (Å²) >= 11 is 0. The van der Waals surface area contributed by atoms with Gasteiger partial charge in [-0.2, -0.15) is 4.98 Å². The van der Waals surface area contributed by atoms with E-state index in [1.165, 1.54) is 19.3 Å². The molecule has 27 heavy (non-hydrogen) atoms. The predicted molar refractivity (Wildman–Crippen MR) is 104 cm³/mol. The van der Waals surface area contributed by atoms with E-state index in [0.29, 0.717) is 46.8 Å². The van der Waals surface area contributed by atoms with Crippen LogP contribution in [0, 0.1) is 0 Å². The van der Waals surface area contributed by atoms with Gasteiger partial charge >= 0.3 is 0 Å². The molecule has 2 atom stereocenters. The molecule has 2 unspecified atom stereocenters. The van der Waals surface area contributed by atoms with Crippen molar-refractivity contribution < 1.29 is 9.21 Å². The summed E-state index contributed by atoms with van der Waals surface area (Å²) in [5.41, 5.74) is 7.16. The van der Waals surface area contributed by atoms with Crippen LogP contribution >= 0.6 is 0 Å². The Kier molecular flexibility index (Phi) is 4.09. The highest BCUT2D eigenvalue weighted by atomic mass is 16.4. The first-order valence-electron chi connectivity index (χ1n) is 10.0. The standard InChI is InChI=1S/C20H27N5O2/c1-24-12-4-2-5-13(24)9-14(8-12)25(15-10-22-11-15)20-23-18-16(19(21)26)6-3-7-17(18)27-20/h3,6-7,12-15,22H,2,4-5,8-11H2,1H3,(H2,21,26). The van der Waals surface area contributed by atoms with E-state index in [2.05, 4.69) is 22.2 Å². The Morgan fingerprint density at radius 1 is 1.26 bits per heavy atom. The van der Waals surface area contributed by atoms with Gasteiger partial charge in [0.25, 0.3) is 11.9 Å². The first kappa shape index (κ1) is 17.0. The van der Waals surface area contributed by atoms with E-state index in [4.69, 9.17) is 15.1 Å². The number of nitrogens with one attached hydrogen (secondary N) is 1. The number of aromatic nitrogens is 1. The lowest BCUT2D eigenvalue weighted by atomic mass is 9.81. The Hall–Kier alpha value is -2.12. The van der Waals surface area contributed by atoms with Crippen LogP contribution in [0.4, 0.5) is 6.01 Å². The minimum absolute atomic E-state index is 0.393. The largest absolute Gasteiger partial charge is 0.423 e. The maximum absolute atomic E-state index is 11.8. The van der Waals surface area contributed by atoms with Gasteiger partial charge in [-0.25, -0.2) is 0 Å². The van der Waals surface area contributed by atoms with Gasteiger partial charge in [0.05, 0.1) is 11.6 Å². The molecule has 3 aliphatic heterocycles. The van der Waals surface area contributed by atoms with Crippen molar-refractivity contribution in [1.29, 1.82) is 0 Å². The zero-order valence-corrected chi connectivity index (χ0v) is 15.7. The first-order chi connectivity index (χ1) is 13.1. The number of primary amides is 1. The van der Waals surface area contributed by atoms with Crippen molar-refractivity contribution in [2.24, 2.45) is 5.73 Å². The Balaban J connectivity index is 1.52. The Labute approximate surface area is 158 Å².